The Bertz CT molecular complexity index is 4920. The number of hydrogen-bond acceptors (Lipinski definition) is 31. The van der Waals surface area contributed by atoms with E-state index < -0.39 is 333 Å². The first-order chi connectivity index (χ1) is 69.5. The topological polar surface area (TPSA) is 925 Å². The van der Waals surface area contributed by atoms with Crippen molar-refractivity contribution in [3.8, 4) is 0 Å². The number of aliphatic hydroxyl groups excluding tert-OH is 3. The predicted molar refractivity (Wildman–Crippen MR) is 526 cm³/mol. The largest absolute Gasteiger partial charge is 0.481 e. The van der Waals surface area contributed by atoms with Gasteiger partial charge in [-0.3, -0.25) is 116 Å². The van der Waals surface area contributed by atoms with Crippen LogP contribution < -0.4 is 130 Å². The summed E-state index contributed by atoms with van der Waals surface area (Å²) >= 11 is 1.14. The molecular weight excluding hydrogens is 1970 g/mol. The Morgan fingerprint density at radius 2 is 0.919 bits per heavy atom. The van der Waals surface area contributed by atoms with Crippen LogP contribution in [-0.2, 0) is 128 Å². The summed E-state index contributed by atoms with van der Waals surface area (Å²) < 4.78 is 0. The molecule has 2 heterocycles. The number of aliphatic carboxylic acids is 2. The number of thioether (sulfide) groups is 1. The van der Waals surface area contributed by atoms with Gasteiger partial charge in [-0.25, -0.2) is 9.78 Å². The average molecular weight is 2110 g/mol. The van der Waals surface area contributed by atoms with Gasteiger partial charge < -0.3 is 165 Å². The molecule has 19 atom stereocenters. The Morgan fingerprint density at radius 1 is 0.466 bits per heavy atom. The number of hydrogen-bond donors (Lipinski definition) is 31. The minimum Gasteiger partial charge on any atom is -0.481 e. The van der Waals surface area contributed by atoms with Gasteiger partial charge in [0.25, 0.3) is 0 Å². The molecule has 1 saturated heterocycles. The molecule has 1 fully saturated rings. The van der Waals surface area contributed by atoms with Crippen molar-refractivity contribution in [2.45, 2.75) is 274 Å². The maximum absolute atomic E-state index is 14.4. The molecule has 0 aliphatic carbocycles. The minimum atomic E-state index is -2.15. The first-order valence-electron chi connectivity index (χ1n) is 47.7. The number of benzene rings is 1. The van der Waals surface area contributed by atoms with Gasteiger partial charge in [0, 0.05) is 38.5 Å². The third kappa shape index (κ3) is 46.7. The Morgan fingerprint density at radius 3 is 1.43 bits per heavy atom. The molecule has 22 amide bonds. The summed E-state index contributed by atoms with van der Waals surface area (Å²) in [5.41, 5.74) is 28.5. The fourth-order valence-electron chi connectivity index (χ4n) is 14.7. The standard InChI is InChI=1S/C90H144N28O29S/c1-12-45(8)71(85(142)102-39-67(127)114-70(44(6)7)86(143)113-60(40-119)83(140)106-53(24-27-148-11)78(135)111-58(34-69(129)130)81(138)110-57(33-64(94)124)82(139)117-72(46(9)120)87(144)107-51(20-16-25-98-90(95)96)77(134)112-59(89(146)147)29-43(4)5)116-84(141)61-21-17-26-118(61)88(145)73(47(10)121)115-68(128)38-101-75(132)52(22-23-62(92)122)105-79(136)54(30-48-18-14-13-15-19-48)109-80(137)56(32-63(93)123)104-66(126)37-99-65(125)36-100-76(133)55(31-49-35-97-41-103-49)108-74(131)50(91)28-42(2)3/h13-15,18-19,35,41-47,50-61,70-73,119-121H,12,16-17,20-34,36-40,91H2,1-11H3,(H2,92,122)(H2,93,123)(H2,94,124)(H,97,103)(H,99,125)(H,100,133)(H,101,132)(H,102,142)(H,104,126)(H,105,136)(H,106,140)(H,107,144)(H,108,131)(H,109,137)(H,110,138)(H,111,135)(H,112,134)(H,113,143)(H,114,127)(H,115,128)(H,116,141)(H,117,139)(H,129,130)(H,146,147)(H4,95,96,98)/t45-,46+,47+,50-,51-,52-,53-,54-,55-,56-,57-,58-,59-,60-,61-,70-,71-,72-,73-/m0/s1. The molecule has 0 saturated carbocycles. The smallest absolute Gasteiger partial charge is 0.326 e. The number of primary amides is 3. The molecule has 58 heteroatoms. The van der Waals surface area contributed by atoms with Gasteiger partial charge in [0.05, 0.1) is 82.3 Å². The third-order valence-electron chi connectivity index (χ3n) is 22.7. The quantitative estimate of drug-likeness (QED) is 0.0166. The molecule has 824 valence electrons. The summed E-state index contributed by atoms with van der Waals surface area (Å²) in [6, 6.07) is -18.6. The van der Waals surface area contributed by atoms with Crippen molar-refractivity contribution >= 4 is 160 Å². The van der Waals surface area contributed by atoms with Gasteiger partial charge in [-0.1, -0.05) is 92.1 Å². The number of carbonyl (C=O) groups is 24. The molecule has 57 nitrogen and oxygen atoms in total. The van der Waals surface area contributed by atoms with Crippen LogP contribution in [0.2, 0.25) is 0 Å². The van der Waals surface area contributed by atoms with Gasteiger partial charge in [0.1, 0.15) is 90.6 Å². The molecule has 0 unspecified atom stereocenters. The highest BCUT2D eigenvalue weighted by molar-refractivity contribution is 7.98. The van der Waals surface area contributed by atoms with Gasteiger partial charge in [-0.05, 0) is 106 Å². The van der Waals surface area contributed by atoms with Crippen molar-refractivity contribution in [1.82, 2.24) is 116 Å². The summed E-state index contributed by atoms with van der Waals surface area (Å²) in [4.78, 5) is 332. The van der Waals surface area contributed by atoms with Crippen LogP contribution in [0.1, 0.15) is 164 Å². The van der Waals surface area contributed by atoms with E-state index in [4.69, 9.17) is 34.1 Å². The van der Waals surface area contributed by atoms with Crippen molar-refractivity contribution in [1.29, 1.82) is 5.41 Å². The third-order valence-corrected chi connectivity index (χ3v) is 23.4. The van der Waals surface area contributed by atoms with Gasteiger partial charge >= 0.3 is 11.9 Å². The number of carboxylic acid groups (broad SMARTS) is 2. The van der Waals surface area contributed by atoms with E-state index in [1.807, 2.05) is 13.8 Å². The molecular formula is C90H144N28O29S. The van der Waals surface area contributed by atoms with E-state index in [-0.39, 0.29) is 88.5 Å². The number of imidazole rings is 1. The lowest BCUT2D eigenvalue weighted by Gasteiger charge is -2.31. The van der Waals surface area contributed by atoms with Gasteiger partial charge in [0.2, 0.25) is 130 Å². The summed E-state index contributed by atoms with van der Waals surface area (Å²) in [7, 11) is 0. The lowest BCUT2D eigenvalue weighted by Crippen LogP contribution is -2.62. The number of carbonyl (C=O) groups excluding carboxylic acids is 22. The molecule has 1 aromatic heterocycles. The second-order valence-electron chi connectivity index (χ2n) is 36.5. The van der Waals surface area contributed by atoms with Crippen LogP contribution in [0.5, 0.6) is 0 Å². The van der Waals surface area contributed by atoms with Crippen molar-refractivity contribution in [2.75, 3.05) is 57.9 Å². The predicted octanol–water partition coefficient (Wildman–Crippen LogP) is -12.1. The number of nitrogens with two attached hydrogens (primary N) is 5. The number of rotatable bonds is 68. The number of aromatic amines is 1. The summed E-state index contributed by atoms with van der Waals surface area (Å²) in [6.07, 6.45) is -3.69. The summed E-state index contributed by atoms with van der Waals surface area (Å²) in [6.45, 7) is 10.6. The maximum Gasteiger partial charge on any atom is 0.326 e. The van der Waals surface area contributed by atoms with E-state index >= 15 is 0 Å². The highest BCUT2D eigenvalue weighted by Gasteiger charge is 2.44. The van der Waals surface area contributed by atoms with E-state index in [2.05, 4.69) is 111 Å². The minimum absolute atomic E-state index is 0.00931. The summed E-state index contributed by atoms with van der Waals surface area (Å²) in [5.74, 6) is -29.2. The van der Waals surface area contributed by atoms with Gasteiger partial charge in [0.15, 0.2) is 5.96 Å². The molecule has 3 rings (SSSR count). The first-order valence-corrected chi connectivity index (χ1v) is 49.1. The van der Waals surface area contributed by atoms with Crippen LogP contribution in [0.3, 0.4) is 0 Å². The number of aromatic nitrogens is 2. The highest BCUT2D eigenvalue weighted by atomic mass is 32.2. The van der Waals surface area contributed by atoms with Crippen LogP contribution in [-0.4, -0.2) is 355 Å². The first kappa shape index (κ1) is 127. The molecule has 36 N–H and O–H groups in total. The molecule has 0 spiro atoms. The molecule has 1 aliphatic heterocycles. The fraction of sp³-hybridized carbons (Fsp3) is 0.622. The fourth-order valence-corrected chi connectivity index (χ4v) is 15.2. The van der Waals surface area contributed by atoms with E-state index in [0.717, 1.165) is 30.5 Å². The highest BCUT2D eigenvalue weighted by Crippen LogP contribution is 2.22. The molecule has 0 radical (unpaired) electrons. The number of guanidine groups is 1. The SMILES string of the molecule is CC[C@H](C)[C@H](NC(=O)[C@@H]1CCCN1C(=O)[C@@H](NC(=O)CNC(=O)[C@H](CCC(N)=O)NC(=O)[C@H](Cc1ccccc1)NC(=O)[C@H](CC(N)=O)NC(=O)CNC(=O)CNC(=O)[C@H](Cc1c[nH]cn1)NC(=O)[C@@H](N)CC(C)C)[C@@H](C)O)C(=O)NCC(=O)N[C@H](C(=O)N[C@@H](CO)C(=O)N[C@@H](CCSC)C(=O)N[C@@H](CC(=O)O)C(=O)N[C@@H](CC(N)=O)C(=O)N[C@H](C(=O)N[C@@H](CCCNC(=N)N)C(=O)N[C@@H](CC(C)C)C(=O)O)[C@@H](C)O)C(C)C. The van der Waals surface area contributed by atoms with Crippen molar-refractivity contribution < 1.29 is 141 Å². The van der Waals surface area contributed by atoms with Crippen molar-refractivity contribution in [3.63, 3.8) is 0 Å². The number of amides is 22. The Hall–Kier alpha value is -14.8. The van der Waals surface area contributed by atoms with Crippen LogP contribution in [0.15, 0.2) is 42.9 Å². The zero-order valence-electron chi connectivity index (χ0n) is 84.2. The molecule has 1 aromatic carbocycles. The average Bonchev–Trinajstić information content (AvgIpc) is 1.67. The van der Waals surface area contributed by atoms with Crippen molar-refractivity contribution in [3.05, 3.63) is 54.1 Å². The van der Waals surface area contributed by atoms with Crippen LogP contribution in [0.4, 0.5) is 0 Å². The molecule has 2 aromatic rings. The van der Waals surface area contributed by atoms with E-state index in [0.29, 0.717) is 17.7 Å². The number of aliphatic hydroxyl groups is 3. The van der Waals surface area contributed by atoms with Crippen molar-refractivity contribution in [2.24, 2.45) is 52.3 Å². The number of nitrogens with zero attached hydrogens (tertiary/aromatic N) is 2. The Labute approximate surface area is 856 Å². The number of carboxylic acids is 2. The Kier molecular flexibility index (Phi) is 55.8. The zero-order chi connectivity index (χ0) is 112. The van der Waals surface area contributed by atoms with Gasteiger partial charge in [-0.2, -0.15) is 11.8 Å². The lowest BCUT2D eigenvalue weighted by atomic mass is 9.97. The number of likely N-dealkylation sites (tertiary alicyclic amines) is 1. The van der Waals surface area contributed by atoms with Gasteiger partial charge in [-0.15, -0.1) is 0 Å². The second-order valence-corrected chi connectivity index (χ2v) is 37.5. The normalized spacial score (nSPS) is 15.8. The van der Waals surface area contributed by atoms with Crippen LogP contribution >= 0.6 is 11.8 Å². The van der Waals surface area contributed by atoms with E-state index in [9.17, 15) is 141 Å². The number of H-pyrrole nitrogens is 1. The Balaban J connectivity index is 1.74. The maximum atomic E-state index is 14.4. The zero-order valence-corrected chi connectivity index (χ0v) is 85.0. The number of nitrogens with one attached hydrogen (secondary N) is 21. The monoisotopic (exact) mass is 2110 g/mol. The van der Waals surface area contributed by atoms with E-state index in [1.165, 1.54) is 26.4 Å². The second kappa shape index (κ2) is 64.9. The molecule has 148 heavy (non-hydrogen) atoms. The van der Waals surface area contributed by atoms with E-state index in [1.54, 1.807) is 64.3 Å². The molecule has 0 bridgehead atoms. The molecule has 1 aliphatic rings. The lowest BCUT2D eigenvalue weighted by molar-refractivity contribution is -0.144. The summed E-state index contributed by atoms with van der Waals surface area (Å²) in [5, 5.41) is 104. The van der Waals surface area contributed by atoms with Crippen LogP contribution in [0, 0.1) is 29.1 Å². The van der Waals surface area contributed by atoms with Crippen LogP contribution in [0.25, 0.3) is 0 Å².